The smallest absolute Gasteiger partial charge is 0.269 e. The van der Waals surface area contributed by atoms with Crippen molar-refractivity contribution in [3.05, 3.63) is 30.2 Å². The number of piperidine rings is 1. The Morgan fingerprint density at radius 1 is 1.38 bits per heavy atom. The van der Waals surface area contributed by atoms with E-state index < -0.39 is 13.0 Å². The number of nitrogens with one attached hydrogen (secondary N) is 1. The zero-order valence-corrected chi connectivity index (χ0v) is 13.4. The molecule has 0 radical (unpaired) electrons. The van der Waals surface area contributed by atoms with Gasteiger partial charge in [-0.3, -0.25) is 14.2 Å². The number of carbonyl (C=O) groups is 1. The first-order valence-corrected chi connectivity index (χ1v) is 7.88. The minimum atomic E-state index is -2.55. The fraction of sp³-hybridized carbons (Fsp3) is 0.533. The largest absolute Gasteiger partial charge is 0.355 e. The number of hydrogen-bond acceptors (Lipinski definition) is 4. The first-order valence-electron chi connectivity index (χ1n) is 7.88. The van der Waals surface area contributed by atoms with Crippen molar-refractivity contribution in [3.8, 4) is 0 Å². The summed E-state index contributed by atoms with van der Waals surface area (Å²) in [6.45, 7) is 0.977. The van der Waals surface area contributed by atoms with Gasteiger partial charge in [0.1, 0.15) is 18.1 Å². The molecule has 1 unspecified atom stereocenters. The van der Waals surface area contributed by atoms with Crippen molar-refractivity contribution in [1.82, 2.24) is 24.9 Å². The third kappa shape index (κ3) is 3.55. The molecule has 3 rings (SSSR count). The summed E-state index contributed by atoms with van der Waals surface area (Å²) in [5.41, 5.74) is 0.160. The number of aromatic nitrogens is 4. The summed E-state index contributed by atoms with van der Waals surface area (Å²) < 4.78 is 27.9. The number of rotatable bonds is 5. The molecule has 0 bridgehead atoms. The molecule has 3 heterocycles. The number of amides is 1. The van der Waals surface area contributed by atoms with Crippen LogP contribution in [-0.2, 0) is 13.6 Å². The topological polar surface area (TPSA) is 68.0 Å². The number of anilines is 1. The molecule has 130 valence electrons. The SMILES string of the molecule is Cn1nccc1N1CCCC(NC(=O)c2ccnn2CC(F)F)C1. The maximum absolute atomic E-state index is 12.5. The van der Waals surface area contributed by atoms with Crippen molar-refractivity contribution >= 4 is 11.7 Å². The molecule has 1 N–H and O–H groups in total. The van der Waals surface area contributed by atoms with E-state index in [-0.39, 0.29) is 17.6 Å². The average Bonchev–Trinajstić information content (AvgIpc) is 3.16. The number of aryl methyl sites for hydroxylation is 1. The molecule has 1 amide bonds. The number of halogens is 2. The van der Waals surface area contributed by atoms with Crippen molar-refractivity contribution < 1.29 is 13.6 Å². The summed E-state index contributed by atoms with van der Waals surface area (Å²) >= 11 is 0. The minimum Gasteiger partial charge on any atom is -0.355 e. The van der Waals surface area contributed by atoms with Gasteiger partial charge in [0.05, 0.1) is 6.20 Å². The van der Waals surface area contributed by atoms with Crippen LogP contribution in [0, 0.1) is 0 Å². The first kappa shape index (κ1) is 16.4. The summed E-state index contributed by atoms with van der Waals surface area (Å²) in [7, 11) is 1.88. The van der Waals surface area contributed by atoms with E-state index in [0.29, 0.717) is 6.54 Å². The molecule has 0 aromatic carbocycles. The highest BCUT2D eigenvalue weighted by molar-refractivity contribution is 5.92. The highest BCUT2D eigenvalue weighted by atomic mass is 19.3. The van der Waals surface area contributed by atoms with Crippen molar-refractivity contribution in [2.75, 3.05) is 18.0 Å². The van der Waals surface area contributed by atoms with Crippen LogP contribution < -0.4 is 10.2 Å². The maximum Gasteiger partial charge on any atom is 0.269 e. The molecule has 24 heavy (non-hydrogen) atoms. The van der Waals surface area contributed by atoms with Crippen molar-refractivity contribution in [1.29, 1.82) is 0 Å². The zero-order valence-electron chi connectivity index (χ0n) is 13.4. The van der Waals surface area contributed by atoms with Gasteiger partial charge in [-0.1, -0.05) is 0 Å². The van der Waals surface area contributed by atoms with E-state index in [1.165, 1.54) is 12.3 Å². The van der Waals surface area contributed by atoms with Crippen LogP contribution >= 0.6 is 0 Å². The Balaban J connectivity index is 1.64. The van der Waals surface area contributed by atoms with Gasteiger partial charge in [-0.25, -0.2) is 8.78 Å². The maximum atomic E-state index is 12.5. The number of alkyl halides is 2. The van der Waals surface area contributed by atoms with Gasteiger partial charge in [-0.2, -0.15) is 10.2 Å². The fourth-order valence-electron chi connectivity index (χ4n) is 3.04. The van der Waals surface area contributed by atoms with Gasteiger partial charge in [-0.05, 0) is 18.9 Å². The molecule has 1 atom stereocenters. The number of carbonyl (C=O) groups excluding carboxylic acids is 1. The summed E-state index contributed by atoms with van der Waals surface area (Å²) in [4.78, 5) is 14.5. The number of nitrogens with zero attached hydrogens (tertiary/aromatic N) is 5. The van der Waals surface area contributed by atoms with E-state index in [9.17, 15) is 13.6 Å². The monoisotopic (exact) mass is 338 g/mol. The summed E-state index contributed by atoms with van der Waals surface area (Å²) in [5.74, 6) is 0.627. The fourth-order valence-corrected chi connectivity index (χ4v) is 3.04. The lowest BCUT2D eigenvalue weighted by Crippen LogP contribution is -2.48. The minimum absolute atomic E-state index is 0.0453. The van der Waals surface area contributed by atoms with Gasteiger partial charge in [0, 0.05) is 38.4 Å². The van der Waals surface area contributed by atoms with Gasteiger partial charge in [0.15, 0.2) is 0 Å². The second-order valence-corrected chi connectivity index (χ2v) is 5.86. The molecular formula is C15H20F2N6O. The van der Waals surface area contributed by atoms with Crippen LogP contribution in [0.3, 0.4) is 0 Å². The van der Waals surface area contributed by atoms with Crippen molar-refractivity contribution in [2.45, 2.75) is 31.9 Å². The predicted octanol–water partition coefficient (Wildman–Crippen LogP) is 1.28. The second kappa shape index (κ2) is 6.98. The van der Waals surface area contributed by atoms with Crippen molar-refractivity contribution in [3.63, 3.8) is 0 Å². The van der Waals surface area contributed by atoms with Crippen LogP contribution in [0.5, 0.6) is 0 Å². The lowest BCUT2D eigenvalue weighted by Gasteiger charge is -2.34. The van der Waals surface area contributed by atoms with Crippen LogP contribution in [0.15, 0.2) is 24.5 Å². The molecular weight excluding hydrogens is 318 g/mol. The van der Waals surface area contributed by atoms with Crippen molar-refractivity contribution in [2.24, 2.45) is 7.05 Å². The average molecular weight is 338 g/mol. The van der Waals surface area contributed by atoms with E-state index in [4.69, 9.17) is 0 Å². The third-order valence-corrected chi connectivity index (χ3v) is 4.14. The van der Waals surface area contributed by atoms with E-state index >= 15 is 0 Å². The first-order chi connectivity index (χ1) is 11.5. The lowest BCUT2D eigenvalue weighted by molar-refractivity contribution is 0.0904. The molecule has 1 aliphatic heterocycles. The van der Waals surface area contributed by atoms with Crippen LogP contribution in [-0.4, -0.2) is 51.0 Å². The van der Waals surface area contributed by atoms with E-state index in [0.717, 1.165) is 29.9 Å². The van der Waals surface area contributed by atoms with Crippen LogP contribution in [0.4, 0.5) is 14.6 Å². The molecule has 7 nitrogen and oxygen atoms in total. The molecule has 0 spiro atoms. The van der Waals surface area contributed by atoms with Gasteiger partial charge in [0.2, 0.25) is 0 Å². The number of hydrogen-bond donors (Lipinski definition) is 1. The Labute approximate surface area is 138 Å². The van der Waals surface area contributed by atoms with E-state index in [2.05, 4.69) is 20.4 Å². The van der Waals surface area contributed by atoms with Crippen LogP contribution in [0.25, 0.3) is 0 Å². The molecule has 1 saturated heterocycles. The van der Waals surface area contributed by atoms with Gasteiger partial charge in [-0.15, -0.1) is 0 Å². The Hall–Kier alpha value is -2.45. The van der Waals surface area contributed by atoms with Crippen LogP contribution in [0.2, 0.25) is 0 Å². The molecule has 0 aliphatic carbocycles. The highest BCUT2D eigenvalue weighted by Gasteiger charge is 2.24. The predicted molar refractivity (Wildman–Crippen MR) is 84.1 cm³/mol. The highest BCUT2D eigenvalue weighted by Crippen LogP contribution is 2.19. The molecule has 0 saturated carbocycles. The molecule has 1 fully saturated rings. The normalized spacial score (nSPS) is 18.2. The van der Waals surface area contributed by atoms with Gasteiger partial charge < -0.3 is 10.2 Å². The van der Waals surface area contributed by atoms with Gasteiger partial charge >= 0.3 is 0 Å². The standard InChI is InChI=1S/C15H20F2N6O/c1-21-14(5-7-18-21)22-8-2-3-11(9-22)20-15(24)12-4-6-19-23(12)10-13(16)17/h4-7,11,13H,2-3,8-10H2,1H3,(H,20,24). The van der Waals surface area contributed by atoms with E-state index in [1.807, 2.05) is 13.1 Å². The quantitative estimate of drug-likeness (QED) is 0.892. The third-order valence-electron chi connectivity index (χ3n) is 4.14. The molecule has 1 aliphatic rings. The molecule has 9 heteroatoms. The summed E-state index contributed by atoms with van der Waals surface area (Å²) in [6.07, 6.45) is 2.34. The Morgan fingerprint density at radius 3 is 2.88 bits per heavy atom. The summed E-state index contributed by atoms with van der Waals surface area (Å²) in [5, 5.41) is 10.9. The van der Waals surface area contributed by atoms with Gasteiger partial charge in [0.25, 0.3) is 12.3 Å². The zero-order chi connectivity index (χ0) is 17.1. The summed E-state index contributed by atoms with van der Waals surface area (Å²) in [6, 6.07) is 3.34. The second-order valence-electron chi connectivity index (χ2n) is 5.86. The Kier molecular flexibility index (Phi) is 4.77. The Bertz CT molecular complexity index is 698. The van der Waals surface area contributed by atoms with E-state index in [1.54, 1.807) is 10.9 Å². The lowest BCUT2D eigenvalue weighted by atomic mass is 10.1. The molecule has 2 aromatic heterocycles. The van der Waals surface area contributed by atoms with Crippen LogP contribution in [0.1, 0.15) is 23.3 Å². The molecule has 2 aromatic rings. The Morgan fingerprint density at radius 2 is 2.17 bits per heavy atom.